The Bertz CT molecular complexity index is 2440. The largest absolute Gasteiger partial charge is 0.497 e. The molecular formula is C53H84N6O11S2. The Labute approximate surface area is 432 Å². The van der Waals surface area contributed by atoms with E-state index >= 15 is 0 Å². The maximum atomic E-state index is 13.1. The van der Waals surface area contributed by atoms with Gasteiger partial charge in [0.1, 0.15) is 24.7 Å². The molecule has 19 heteroatoms. The number of likely N-dealkylation sites (N-methyl/N-ethyl adjacent to an activating group) is 5. The summed E-state index contributed by atoms with van der Waals surface area (Å²) in [6.07, 6.45) is 2.12. The number of hydrogen-bond acceptors (Lipinski definition) is 13. The molecule has 0 saturated carbocycles. The van der Waals surface area contributed by atoms with Crippen molar-refractivity contribution in [3.8, 4) is 11.5 Å². The molecule has 404 valence electrons. The lowest BCUT2D eigenvalue weighted by atomic mass is 10.1. The zero-order valence-electron chi connectivity index (χ0n) is 44.5. The number of nitrogens with zero attached hydrogens (tertiary/aromatic N) is 5. The number of aliphatic carboxylic acids is 1. The van der Waals surface area contributed by atoms with Gasteiger partial charge < -0.3 is 44.1 Å². The number of methoxy groups -OCH3 is 2. The van der Waals surface area contributed by atoms with Gasteiger partial charge in [0.2, 0.25) is 26.0 Å². The number of carboxylic acid groups (broad SMARTS) is 1. The number of hydrogen-bond donors (Lipinski definition) is 2. The summed E-state index contributed by atoms with van der Waals surface area (Å²) in [4.78, 5) is 29.3. The Morgan fingerprint density at radius 3 is 1.24 bits per heavy atom. The number of benzene rings is 4. The Morgan fingerprint density at radius 2 is 0.903 bits per heavy atom. The zero-order valence-corrected chi connectivity index (χ0v) is 46.1. The molecule has 72 heavy (non-hydrogen) atoms. The first kappa shape index (κ1) is 65.1. The number of rotatable bonds is 26. The third-order valence-corrected chi connectivity index (χ3v) is 15.5. The van der Waals surface area contributed by atoms with Crippen LogP contribution in [-0.4, -0.2) is 180 Å². The van der Waals surface area contributed by atoms with Gasteiger partial charge in [-0.15, -0.1) is 0 Å². The maximum absolute atomic E-state index is 13.1. The van der Waals surface area contributed by atoms with Crippen LogP contribution < -0.4 is 14.8 Å². The number of sulfonamides is 2. The third-order valence-electron chi connectivity index (χ3n) is 11.2. The Kier molecular flexibility index (Phi) is 29.2. The molecule has 17 nitrogen and oxygen atoms in total. The monoisotopic (exact) mass is 1040 g/mol. The zero-order chi connectivity index (χ0) is 53.5. The van der Waals surface area contributed by atoms with Crippen LogP contribution in [0.5, 0.6) is 11.5 Å². The van der Waals surface area contributed by atoms with Crippen LogP contribution in [0, 0.1) is 27.7 Å². The minimum atomic E-state index is -3.70. The first-order valence-corrected chi connectivity index (χ1v) is 26.2. The molecule has 0 aliphatic heterocycles. The van der Waals surface area contributed by atoms with Gasteiger partial charge in [0.25, 0.3) is 0 Å². The van der Waals surface area contributed by atoms with Gasteiger partial charge in [0.05, 0.1) is 37.2 Å². The minimum Gasteiger partial charge on any atom is -0.497 e. The Balaban J connectivity index is 0.000000596. The van der Waals surface area contributed by atoms with Crippen molar-refractivity contribution in [2.75, 3.05) is 123 Å². The van der Waals surface area contributed by atoms with E-state index in [4.69, 9.17) is 24.1 Å². The second-order valence-corrected chi connectivity index (χ2v) is 21.8. The van der Waals surface area contributed by atoms with Gasteiger partial charge in [-0.3, -0.25) is 4.79 Å². The molecule has 0 saturated heterocycles. The molecule has 4 rings (SSSR count). The van der Waals surface area contributed by atoms with E-state index in [2.05, 4.69) is 79.7 Å². The Morgan fingerprint density at radius 1 is 0.556 bits per heavy atom. The van der Waals surface area contributed by atoms with Crippen molar-refractivity contribution in [3.63, 3.8) is 0 Å². The predicted molar refractivity (Wildman–Crippen MR) is 287 cm³/mol. The van der Waals surface area contributed by atoms with Crippen molar-refractivity contribution in [1.29, 1.82) is 0 Å². The highest BCUT2D eigenvalue weighted by atomic mass is 32.2. The van der Waals surface area contributed by atoms with Crippen molar-refractivity contribution in [2.45, 2.75) is 70.8 Å². The van der Waals surface area contributed by atoms with Crippen molar-refractivity contribution < 1.29 is 50.5 Å². The van der Waals surface area contributed by atoms with Crippen molar-refractivity contribution in [2.24, 2.45) is 0 Å². The average Bonchev–Trinajstić information content (AvgIpc) is 3.30. The second-order valence-electron chi connectivity index (χ2n) is 17.9. The van der Waals surface area contributed by atoms with Gasteiger partial charge in [-0.2, -0.15) is 8.61 Å². The number of ether oxygens (including phenoxy) is 4. The quantitative estimate of drug-likeness (QED) is 0.0709. The Hall–Kier alpha value is -4.96. The van der Waals surface area contributed by atoms with Gasteiger partial charge in [-0.05, 0) is 145 Å². The SMILES string of the molecule is C.CNCc1ccc(CCN(C)C)cc1.COc1cc(C)c(S(=O)(=O)N(C)CCOCC(=O)N(C)Cc2ccc(CCN(C)C)cc2)c(C)c1.COc1cc(C)c(S(=O)(=O)N(C)CCOCC(=O)O)c(C)c1. The number of nitrogens with one attached hydrogen (secondary N) is 1. The molecule has 0 heterocycles. The molecule has 0 unspecified atom stereocenters. The second kappa shape index (κ2) is 32.3. The average molecular weight is 1050 g/mol. The van der Waals surface area contributed by atoms with E-state index in [0.29, 0.717) is 40.3 Å². The third kappa shape index (κ3) is 22.0. The summed E-state index contributed by atoms with van der Waals surface area (Å²) in [5.41, 5.74) is 7.50. The molecule has 1 amide bonds. The number of carbonyl (C=O) groups excluding carboxylic acids is 1. The first-order valence-electron chi connectivity index (χ1n) is 23.3. The van der Waals surface area contributed by atoms with Crippen LogP contribution in [0.4, 0.5) is 0 Å². The topological polar surface area (TPSA) is 188 Å². The molecule has 0 aromatic heterocycles. The summed E-state index contributed by atoms with van der Waals surface area (Å²) >= 11 is 0. The fourth-order valence-corrected chi connectivity index (χ4v) is 10.3. The molecular weight excluding hydrogens is 961 g/mol. The van der Waals surface area contributed by atoms with Crippen LogP contribution >= 0.6 is 0 Å². The molecule has 0 aliphatic rings. The smallest absolute Gasteiger partial charge is 0.329 e. The fourth-order valence-electron chi connectivity index (χ4n) is 7.14. The van der Waals surface area contributed by atoms with E-state index in [1.165, 1.54) is 42.2 Å². The van der Waals surface area contributed by atoms with Gasteiger partial charge in [-0.1, -0.05) is 56.0 Å². The molecule has 0 atom stereocenters. The highest BCUT2D eigenvalue weighted by Gasteiger charge is 2.27. The molecule has 4 aromatic rings. The number of carboxylic acids is 1. The standard InChI is InChI=1S/C26H39N3O5S.C14H21NO6S.C12H20N2.CH4/c1-20-16-24(33-7)17-21(2)26(20)35(31,32)29(6)14-15-34-19-25(30)28(5)18-23-10-8-22(9-11-23)12-13-27(3)4;1-10-7-12(20-4)8-11(2)14(10)22(18,19)15(3)5-6-21-9-13(16)17;1-13-10-12-6-4-11(5-7-12)8-9-14(2)3;/h8-11,16-17H,12-15,18-19H2,1-7H3;7-8H,5-6,9H2,1-4H3,(H,16,17);4-7,13H,8-10H2,1-3H3;1H4. The number of aryl methyl sites for hydroxylation is 4. The number of amides is 1. The molecule has 2 N–H and O–H groups in total. The minimum absolute atomic E-state index is 0. The molecule has 0 radical (unpaired) electrons. The summed E-state index contributed by atoms with van der Waals surface area (Å²) in [5, 5.41) is 11.6. The van der Waals surface area contributed by atoms with Gasteiger partial charge >= 0.3 is 5.97 Å². The van der Waals surface area contributed by atoms with Crippen LogP contribution in [-0.2, 0) is 65.0 Å². The van der Waals surface area contributed by atoms with E-state index in [0.717, 1.165) is 42.3 Å². The van der Waals surface area contributed by atoms with Crippen LogP contribution in [0.15, 0.2) is 82.6 Å². The first-order chi connectivity index (χ1) is 33.4. The fraction of sp³-hybridized carbons (Fsp3) is 0.509. The summed E-state index contributed by atoms with van der Waals surface area (Å²) in [6.45, 7) is 10.2. The van der Waals surface area contributed by atoms with E-state index in [1.54, 1.807) is 71.0 Å². The van der Waals surface area contributed by atoms with Gasteiger partial charge in [0.15, 0.2) is 0 Å². The summed E-state index contributed by atoms with van der Waals surface area (Å²) in [5.74, 6) is -0.0318. The van der Waals surface area contributed by atoms with Crippen LogP contribution in [0.2, 0.25) is 0 Å². The van der Waals surface area contributed by atoms with Crippen LogP contribution in [0.1, 0.15) is 51.9 Å². The van der Waals surface area contributed by atoms with Crippen molar-refractivity contribution in [1.82, 2.24) is 28.6 Å². The van der Waals surface area contributed by atoms with Gasteiger partial charge in [0, 0.05) is 60.4 Å². The van der Waals surface area contributed by atoms with E-state index in [-0.39, 0.29) is 56.0 Å². The molecule has 0 aliphatic carbocycles. The summed E-state index contributed by atoms with van der Waals surface area (Å²) in [6, 6.07) is 23.8. The lowest BCUT2D eigenvalue weighted by molar-refractivity contribution is -0.142. The lowest BCUT2D eigenvalue weighted by Crippen LogP contribution is -2.33. The molecule has 4 aromatic carbocycles. The molecule has 0 bridgehead atoms. The summed E-state index contributed by atoms with van der Waals surface area (Å²) < 4.78 is 74.5. The predicted octanol–water partition coefficient (Wildman–Crippen LogP) is 5.89. The molecule has 0 fully saturated rings. The van der Waals surface area contributed by atoms with E-state index < -0.39 is 32.6 Å². The van der Waals surface area contributed by atoms with Crippen molar-refractivity contribution >= 4 is 31.9 Å². The lowest BCUT2D eigenvalue weighted by Gasteiger charge is -2.21. The highest BCUT2D eigenvalue weighted by molar-refractivity contribution is 7.89. The summed E-state index contributed by atoms with van der Waals surface area (Å²) in [7, 11) is 10.7. The van der Waals surface area contributed by atoms with Crippen LogP contribution in [0.3, 0.4) is 0 Å². The number of carbonyl (C=O) groups is 2. The van der Waals surface area contributed by atoms with Gasteiger partial charge in [-0.25, -0.2) is 21.6 Å². The normalized spacial score (nSPS) is 11.4. The van der Waals surface area contributed by atoms with E-state index in [9.17, 15) is 26.4 Å². The van der Waals surface area contributed by atoms with E-state index in [1.807, 2.05) is 19.2 Å². The maximum Gasteiger partial charge on any atom is 0.329 e. The molecule has 0 spiro atoms. The van der Waals surface area contributed by atoms with Crippen molar-refractivity contribution in [3.05, 3.63) is 117 Å². The van der Waals surface area contributed by atoms with Crippen LogP contribution in [0.25, 0.3) is 0 Å². The highest BCUT2D eigenvalue weighted by Crippen LogP contribution is 2.29.